The number of hydrogen-bond acceptors (Lipinski definition) is 3. The van der Waals surface area contributed by atoms with Gasteiger partial charge in [0, 0.05) is 10.6 Å². The fraction of sp³-hybridized carbons (Fsp3) is 0.0769. The number of nitrogens with two attached hydrogens (primary N) is 1. The molecule has 0 atom stereocenters. The Hall–Kier alpha value is -1.70. The van der Waals surface area contributed by atoms with E-state index in [-0.39, 0.29) is 22.3 Å². The zero-order chi connectivity index (χ0) is 15.6. The van der Waals surface area contributed by atoms with Gasteiger partial charge in [0.25, 0.3) is 0 Å². The zero-order valence-electron chi connectivity index (χ0n) is 10.5. The number of rotatable bonds is 4. The predicted molar refractivity (Wildman–Crippen MR) is 73.5 cm³/mol. The van der Waals surface area contributed by atoms with Crippen molar-refractivity contribution in [3.63, 3.8) is 0 Å². The van der Waals surface area contributed by atoms with Gasteiger partial charge in [-0.15, -0.1) is 0 Å². The Morgan fingerprint density at radius 3 is 2.48 bits per heavy atom. The van der Waals surface area contributed by atoms with E-state index in [9.17, 15) is 17.2 Å². The maximum Gasteiger partial charge on any atom is 0.238 e. The SMILES string of the molecule is NS(=O)(=O)c1ccc(OCc2cc(F)ccc2Cl)c(F)c1. The first-order valence-electron chi connectivity index (χ1n) is 5.66. The van der Waals surface area contributed by atoms with Crippen LogP contribution < -0.4 is 9.88 Å². The van der Waals surface area contributed by atoms with Crippen molar-refractivity contribution in [2.45, 2.75) is 11.5 Å². The summed E-state index contributed by atoms with van der Waals surface area (Å²) in [5.41, 5.74) is 0.339. The summed E-state index contributed by atoms with van der Waals surface area (Å²) in [7, 11) is -3.99. The second-order valence-electron chi connectivity index (χ2n) is 4.16. The molecule has 0 aliphatic carbocycles. The largest absolute Gasteiger partial charge is 0.486 e. The third-order valence-electron chi connectivity index (χ3n) is 2.62. The van der Waals surface area contributed by atoms with E-state index < -0.39 is 21.7 Å². The first kappa shape index (κ1) is 15.7. The molecular formula is C13H10ClF2NO3S. The van der Waals surface area contributed by atoms with Gasteiger partial charge in [0.1, 0.15) is 12.4 Å². The Kier molecular flexibility index (Phi) is 4.46. The van der Waals surface area contributed by atoms with Crippen molar-refractivity contribution in [2.24, 2.45) is 5.14 Å². The van der Waals surface area contributed by atoms with Crippen LogP contribution in [-0.4, -0.2) is 8.42 Å². The van der Waals surface area contributed by atoms with E-state index in [0.29, 0.717) is 5.56 Å². The minimum Gasteiger partial charge on any atom is -0.486 e. The number of hydrogen-bond donors (Lipinski definition) is 1. The molecule has 0 spiro atoms. The van der Waals surface area contributed by atoms with Gasteiger partial charge < -0.3 is 4.74 Å². The summed E-state index contributed by atoms with van der Waals surface area (Å²) in [4.78, 5) is -0.365. The van der Waals surface area contributed by atoms with Gasteiger partial charge in [-0.25, -0.2) is 22.3 Å². The molecule has 0 amide bonds. The lowest BCUT2D eigenvalue weighted by Crippen LogP contribution is -2.12. The Labute approximate surface area is 125 Å². The van der Waals surface area contributed by atoms with Crippen LogP contribution >= 0.6 is 11.6 Å². The first-order valence-corrected chi connectivity index (χ1v) is 7.59. The normalized spacial score (nSPS) is 11.4. The first-order chi connectivity index (χ1) is 9.77. The molecule has 0 heterocycles. The fourth-order valence-corrected chi connectivity index (χ4v) is 2.28. The van der Waals surface area contributed by atoms with Gasteiger partial charge in [-0.1, -0.05) is 11.6 Å². The van der Waals surface area contributed by atoms with Gasteiger partial charge in [-0.05, 0) is 36.4 Å². The molecule has 2 N–H and O–H groups in total. The van der Waals surface area contributed by atoms with Crippen molar-refractivity contribution in [1.82, 2.24) is 0 Å². The lowest BCUT2D eigenvalue weighted by atomic mass is 10.2. The number of ether oxygens (including phenoxy) is 1. The van der Waals surface area contributed by atoms with Gasteiger partial charge in [0.15, 0.2) is 11.6 Å². The van der Waals surface area contributed by atoms with Crippen molar-refractivity contribution in [1.29, 1.82) is 0 Å². The van der Waals surface area contributed by atoms with Gasteiger partial charge >= 0.3 is 0 Å². The highest BCUT2D eigenvalue weighted by Gasteiger charge is 2.13. The van der Waals surface area contributed by atoms with E-state index >= 15 is 0 Å². The molecule has 2 aromatic rings. The maximum absolute atomic E-state index is 13.7. The van der Waals surface area contributed by atoms with Crippen LogP contribution in [0.2, 0.25) is 5.02 Å². The molecule has 0 fully saturated rings. The third-order valence-corrected chi connectivity index (χ3v) is 3.90. The second-order valence-corrected chi connectivity index (χ2v) is 6.13. The quantitative estimate of drug-likeness (QED) is 0.935. The molecule has 0 aromatic heterocycles. The van der Waals surface area contributed by atoms with Gasteiger partial charge in [0.2, 0.25) is 10.0 Å². The molecule has 4 nitrogen and oxygen atoms in total. The molecule has 0 unspecified atom stereocenters. The minimum atomic E-state index is -3.99. The van der Waals surface area contributed by atoms with Crippen LogP contribution in [0.1, 0.15) is 5.56 Å². The summed E-state index contributed by atoms with van der Waals surface area (Å²) < 4.78 is 54.1. The van der Waals surface area contributed by atoms with Crippen molar-refractivity contribution in [2.75, 3.05) is 0 Å². The van der Waals surface area contributed by atoms with Crippen LogP contribution in [0.5, 0.6) is 5.75 Å². The lowest BCUT2D eigenvalue weighted by Gasteiger charge is -2.09. The van der Waals surface area contributed by atoms with Gasteiger partial charge in [-0.3, -0.25) is 0 Å². The molecule has 0 radical (unpaired) electrons. The molecule has 2 rings (SSSR count). The fourth-order valence-electron chi connectivity index (χ4n) is 1.59. The summed E-state index contributed by atoms with van der Waals surface area (Å²) in [6, 6.07) is 6.70. The lowest BCUT2D eigenvalue weighted by molar-refractivity contribution is 0.289. The van der Waals surface area contributed by atoms with Crippen molar-refractivity contribution < 1.29 is 21.9 Å². The third kappa shape index (κ3) is 3.90. The Morgan fingerprint density at radius 2 is 1.86 bits per heavy atom. The average molecular weight is 334 g/mol. The summed E-state index contributed by atoms with van der Waals surface area (Å²) in [6.07, 6.45) is 0. The van der Waals surface area contributed by atoms with E-state index in [1.165, 1.54) is 18.2 Å². The van der Waals surface area contributed by atoms with E-state index in [2.05, 4.69) is 0 Å². The molecule has 112 valence electrons. The molecular weight excluding hydrogens is 324 g/mol. The molecule has 8 heteroatoms. The summed E-state index contributed by atoms with van der Waals surface area (Å²) >= 11 is 5.85. The van der Waals surface area contributed by atoms with Crippen LogP contribution in [-0.2, 0) is 16.6 Å². The second kappa shape index (κ2) is 5.97. The Bertz CT molecular complexity index is 781. The van der Waals surface area contributed by atoms with E-state index in [0.717, 1.165) is 18.2 Å². The van der Waals surface area contributed by atoms with E-state index in [1.807, 2.05) is 0 Å². The molecule has 0 saturated carbocycles. The van der Waals surface area contributed by atoms with Crippen molar-refractivity contribution in [3.05, 3.63) is 58.6 Å². The monoisotopic (exact) mass is 333 g/mol. The summed E-state index contributed by atoms with van der Waals surface area (Å²) in [5, 5.41) is 5.16. The number of sulfonamides is 1. The van der Waals surface area contributed by atoms with E-state index in [4.69, 9.17) is 21.5 Å². The highest BCUT2D eigenvalue weighted by Crippen LogP contribution is 2.23. The molecule has 21 heavy (non-hydrogen) atoms. The van der Waals surface area contributed by atoms with Gasteiger partial charge in [-0.2, -0.15) is 0 Å². The van der Waals surface area contributed by atoms with Crippen molar-refractivity contribution >= 4 is 21.6 Å². The van der Waals surface area contributed by atoms with Gasteiger partial charge in [0.05, 0.1) is 4.90 Å². The number of primary sulfonamides is 1. The average Bonchev–Trinajstić information content (AvgIpc) is 2.40. The van der Waals surface area contributed by atoms with Crippen molar-refractivity contribution in [3.8, 4) is 5.75 Å². The number of benzene rings is 2. The zero-order valence-corrected chi connectivity index (χ0v) is 12.1. The van der Waals surface area contributed by atoms with Crippen LogP contribution in [0.25, 0.3) is 0 Å². The molecule has 0 saturated heterocycles. The topological polar surface area (TPSA) is 69.4 Å². The Morgan fingerprint density at radius 1 is 1.14 bits per heavy atom. The molecule has 2 aromatic carbocycles. The summed E-state index contributed by atoms with van der Waals surface area (Å²) in [6.45, 7) is -0.164. The maximum atomic E-state index is 13.7. The Balaban J connectivity index is 2.19. The molecule has 0 bridgehead atoms. The highest BCUT2D eigenvalue weighted by molar-refractivity contribution is 7.89. The van der Waals surface area contributed by atoms with Crippen LogP contribution in [0.4, 0.5) is 8.78 Å². The number of halogens is 3. The van der Waals surface area contributed by atoms with Crippen LogP contribution in [0, 0.1) is 11.6 Å². The molecule has 0 aliphatic heterocycles. The summed E-state index contributed by atoms with van der Waals surface area (Å²) in [5.74, 6) is -1.58. The smallest absolute Gasteiger partial charge is 0.238 e. The highest BCUT2D eigenvalue weighted by atomic mass is 35.5. The van der Waals surface area contributed by atoms with Crippen LogP contribution in [0.3, 0.4) is 0 Å². The van der Waals surface area contributed by atoms with E-state index in [1.54, 1.807) is 0 Å². The standard InChI is InChI=1S/C13H10ClF2NO3S/c14-11-3-1-9(15)5-8(11)7-20-13-4-2-10(6-12(13)16)21(17,18)19/h1-6H,7H2,(H2,17,18,19). The van der Waals surface area contributed by atoms with Crippen LogP contribution in [0.15, 0.2) is 41.3 Å². The predicted octanol–water partition coefficient (Wildman–Crippen LogP) is 2.84. The minimum absolute atomic E-state index is 0.164. The molecule has 0 aliphatic rings.